The molecule has 15 heavy (non-hydrogen) atoms. The van der Waals surface area contributed by atoms with E-state index < -0.39 is 0 Å². The van der Waals surface area contributed by atoms with Gasteiger partial charge in [0.05, 0.1) is 6.10 Å². The van der Waals surface area contributed by atoms with E-state index in [0.717, 1.165) is 12.8 Å². The molecular weight excluding hydrogens is 186 g/mol. The monoisotopic (exact) mass is 213 g/mol. The van der Waals surface area contributed by atoms with Gasteiger partial charge in [0, 0.05) is 0 Å². The molecule has 0 heterocycles. The van der Waals surface area contributed by atoms with Crippen molar-refractivity contribution in [2.75, 3.05) is 6.54 Å². The largest absolute Gasteiger partial charge is 0.392 e. The van der Waals surface area contributed by atoms with E-state index in [1.807, 2.05) is 0 Å². The third-order valence-electron chi connectivity index (χ3n) is 4.92. The smallest absolute Gasteiger partial charge is 0.0619 e. The summed E-state index contributed by atoms with van der Waals surface area (Å²) in [5.41, 5.74) is 6.26. The zero-order chi connectivity index (χ0) is 11.9. The van der Waals surface area contributed by atoms with Crippen molar-refractivity contribution in [3.05, 3.63) is 0 Å². The summed E-state index contributed by atoms with van der Waals surface area (Å²) in [4.78, 5) is 0. The highest BCUT2D eigenvalue weighted by Crippen LogP contribution is 2.70. The van der Waals surface area contributed by atoms with Crippen LogP contribution < -0.4 is 5.73 Å². The van der Waals surface area contributed by atoms with E-state index in [1.54, 1.807) is 0 Å². The molecule has 0 saturated heterocycles. The lowest BCUT2D eigenvalue weighted by Gasteiger charge is -2.22. The van der Waals surface area contributed by atoms with Crippen molar-refractivity contribution in [2.24, 2.45) is 28.4 Å². The van der Waals surface area contributed by atoms with Crippen LogP contribution in [0, 0.1) is 22.7 Å². The zero-order valence-electron chi connectivity index (χ0n) is 10.9. The van der Waals surface area contributed by atoms with Crippen LogP contribution in [-0.4, -0.2) is 17.8 Å². The minimum absolute atomic E-state index is 0.222. The van der Waals surface area contributed by atoms with Gasteiger partial charge in [-0.1, -0.05) is 41.0 Å². The Morgan fingerprint density at radius 1 is 1.20 bits per heavy atom. The van der Waals surface area contributed by atoms with Crippen LogP contribution in [-0.2, 0) is 0 Å². The molecule has 0 amide bonds. The lowest BCUT2D eigenvalue weighted by atomic mass is 9.90. The molecule has 2 nitrogen and oxygen atoms in total. The standard InChI is InChI=1S/C13H27NO/c1-6-7-9(8-14)10(15)11-12(2,3)13(11,4)5/h9-11,15H,6-8,14H2,1-5H3. The summed E-state index contributed by atoms with van der Waals surface area (Å²) in [5.74, 6) is 0.686. The molecular formula is C13H27NO. The van der Waals surface area contributed by atoms with Crippen LogP contribution in [0.25, 0.3) is 0 Å². The molecule has 0 aromatic heterocycles. The maximum Gasteiger partial charge on any atom is 0.0619 e. The number of aliphatic hydroxyl groups is 1. The van der Waals surface area contributed by atoms with Gasteiger partial charge in [-0.3, -0.25) is 0 Å². The highest BCUT2D eigenvalue weighted by Gasteiger charge is 2.67. The first-order valence-corrected chi connectivity index (χ1v) is 6.18. The minimum Gasteiger partial charge on any atom is -0.392 e. The van der Waals surface area contributed by atoms with Crippen molar-refractivity contribution in [1.82, 2.24) is 0 Å². The van der Waals surface area contributed by atoms with E-state index >= 15 is 0 Å². The van der Waals surface area contributed by atoms with Gasteiger partial charge in [-0.25, -0.2) is 0 Å². The Bertz CT molecular complexity index is 209. The van der Waals surface area contributed by atoms with E-state index in [2.05, 4.69) is 34.6 Å². The van der Waals surface area contributed by atoms with Crippen LogP contribution in [0.15, 0.2) is 0 Å². The molecule has 2 heteroatoms. The van der Waals surface area contributed by atoms with E-state index in [1.165, 1.54) is 0 Å². The Hall–Kier alpha value is -0.0800. The van der Waals surface area contributed by atoms with Crippen LogP contribution in [0.1, 0.15) is 47.5 Å². The molecule has 1 rings (SSSR count). The summed E-state index contributed by atoms with van der Waals surface area (Å²) in [5, 5.41) is 10.4. The summed E-state index contributed by atoms with van der Waals surface area (Å²) < 4.78 is 0. The van der Waals surface area contributed by atoms with E-state index in [9.17, 15) is 5.11 Å². The number of hydrogen-bond donors (Lipinski definition) is 2. The molecule has 0 radical (unpaired) electrons. The van der Waals surface area contributed by atoms with Gasteiger partial charge >= 0.3 is 0 Å². The van der Waals surface area contributed by atoms with Gasteiger partial charge in [0.25, 0.3) is 0 Å². The SMILES string of the molecule is CCCC(CN)C(O)C1C(C)(C)C1(C)C. The topological polar surface area (TPSA) is 46.2 Å². The first-order chi connectivity index (χ1) is 6.80. The molecule has 1 saturated carbocycles. The average molecular weight is 213 g/mol. The van der Waals surface area contributed by atoms with Gasteiger partial charge in [-0.2, -0.15) is 0 Å². The molecule has 0 aromatic carbocycles. The van der Waals surface area contributed by atoms with Crippen molar-refractivity contribution < 1.29 is 5.11 Å². The Kier molecular flexibility index (Phi) is 3.52. The third kappa shape index (κ3) is 1.94. The van der Waals surface area contributed by atoms with E-state index in [0.29, 0.717) is 12.5 Å². The van der Waals surface area contributed by atoms with Crippen LogP contribution in [0.2, 0.25) is 0 Å². The number of rotatable bonds is 5. The van der Waals surface area contributed by atoms with Gasteiger partial charge in [0.15, 0.2) is 0 Å². The van der Waals surface area contributed by atoms with E-state index in [4.69, 9.17) is 5.73 Å². The Balaban J connectivity index is 2.66. The second-order valence-electron chi connectivity index (χ2n) is 6.20. The number of nitrogens with two attached hydrogens (primary N) is 1. The van der Waals surface area contributed by atoms with Crippen LogP contribution in [0.4, 0.5) is 0 Å². The molecule has 2 unspecified atom stereocenters. The summed E-state index contributed by atoms with van der Waals surface area (Å²) >= 11 is 0. The Morgan fingerprint density at radius 2 is 1.67 bits per heavy atom. The molecule has 0 spiro atoms. The van der Waals surface area contributed by atoms with Crippen molar-refractivity contribution in [3.8, 4) is 0 Å². The average Bonchev–Trinajstić information content (AvgIpc) is 2.52. The maximum absolute atomic E-state index is 10.4. The molecule has 0 aliphatic heterocycles. The summed E-state index contributed by atoms with van der Waals surface area (Å²) in [6.07, 6.45) is 1.92. The Morgan fingerprint density at radius 3 is 1.93 bits per heavy atom. The molecule has 2 atom stereocenters. The van der Waals surface area contributed by atoms with Crippen molar-refractivity contribution in [2.45, 2.75) is 53.6 Å². The fourth-order valence-electron chi connectivity index (χ4n) is 3.17. The van der Waals surface area contributed by atoms with Crippen molar-refractivity contribution in [1.29, 1.82) is 0 Å². The molecule has 1 aliphatic rings. The van der Waals surface area contributed by atoms with Gasteiger partial charge in [0.1, 0.15) is 0 Å². The van der Waals surface area contributed by atoms with Crippen LogP contribution >= 0.6 is 0 Å². The predicted molar refractivity (Wildman–Crippen MR) is 64.5 cm³/mol. The highest BCUT2D eigenvalue weighted by atomic mass is 16.3. The first-order valence-electron chi connectivity index (χ1n) is 6.18. The fraction of sp³-hybridized carbons (Fsp3) is 1.00. The highest BCUT2D eigenvalue weighted by molar-refractivity contribution is 5.15. The van der Waals surface area contributed by atoms with Gasteiger partial charge in [-0.15, -0.1) is 0 Å². The van der Waals surface area contributed by atoms with Gasteiger partial charge < -0.3 is 10.8 Å². The normalized spacial score (nSPS) is 27.4. The molecule has 3 N–H and O–H groups in total. The van der Waals surface area contributed by atoms with Crippen molar-refractivity contribution in [3.63, 3.8) is 0 Å². The summed E-state index contributed by atoms with van der Waals surface area (Å²) in [7, 11) is 0. The Labute approximate surface area is 94.2 Å². The van der Waals surface area contributed by atoms with Crippen LogP contribution in [0.3, 0.4) is 0 Å². The molecule has 1 aliphatic carbocycles. The third-order valence-corrected chi connectivity index (χ3v) is 4.92. The predicted octanol–water partition coefficient (Wildman–Crippen LogP) is 2.40. The lowest BCUT2D eigenvalue weighted by Crippen LogP contribution is -2.31. The second kappa shape index (κ2) is 4.06. The van der Waals surface area contributed by atoms with Crippen molar-refractivity contribution >= 4 is 0 Å². The first kappa shape index (κ1) is 13.0. The molecule has 1 fully saturated rings. The zero-order valence-corrected chi connectivity index (χ0v) is 10.9. The van der Waals surface area contributed by atoms with Crippen LogP contribution in [0.5, 0.6) is 0 Å². The van der Waals surface area contributed by atoms with E-state index in [-0.39, 0.29) is 22.9 Å². The fourth-order valence-corrected chi connectivity index (χ4v) is 3.17. The summed E-state index contributed by atoms with van der Waals surface area (Å²) in [6.45, 7) is 11.8. The molecule has 0 aromatic rings. The summed E-state index contributed by atoms with van der Waals surface area (Å²) in [6, 6.07) is 0. The lowest BCUT2D eigenvalue weighted by molar-refractivity contribution is 0.0673. The maximum atomic E-state index is 10.4. The van der Waals surface area contributed by atoms with Gasteiger partial charge in [-0.05, 0) is 35.6 Å². The molecule has 90 valence electrons. The second-order valence-corrected chi connectivity index (χ2v) is 6.20. The number of hydrogen-bond acceptors (Lipinski definition) is 2. The quantitative estimate of drug-likeness (QED) is 0.736. The number of aliphatic hydroxyl groups excluding tert-OH is 1. The molecule has 0 bridgehead atoms. The van der Waals surface area contributed by atoms with Gasteiger partial charge in [0.2, 0.25) is 0 Å². The minimum atomic E-state index is -0.222.